The van der Waals surface area contributed by atoms with E-state index in [1.54, 1.807) is 4.90 Å². The van der Waals surface area contributed by atoms with E-state index in [0.717, 1.165) is 12.1 Å². The molecule has 1 aliphatic heterocycles. The summed E-state index contributed by atoms with van der Waals surface area (Å²) in [7, 11) is 0. The summed E-state index contributed by atoms with van der Waals surface area (Å²) in [4.78, 5) is 33.0. The van der Waals surface area contributed by atoms with Crippen LogP contribution in [0.4, 0.5) is 19.0 Å². The number of hydrogen-bond acceptors (Lipinski definition) is 5. The summed E-state index contributed by atoms with van der Waals surface area (Å²) in [5.41, 5.74) is -0.448. The van der Waals surface area contributed by atoms with Gasteiger partial charge < -0.3 is 15.5 Å². The number of likely N-dealkylation sites (tertiary alicyclic amines) is 1. The number of rotatable bonds is 5. The molecule has 0 bridgehead atoms. The molecule has 2 aromatic rings. The van der Waals surface area contributed by atoms with Gasteiger partial charge in [-0.05, 0) is 24.6 Å². The lowest BCUT2D eigenvalue weighted by atomic mass is 10.1. The number of aromatic nitrogens is 2. The summed E-state index contributed by atoms with van der Waals surface area (Å²) in [6.45, 7) is 2.61. The van der Waals surface area contributed by atoms with Crippen LogP contribution in [0.15, 0.2) is 24.5 Å². The smallest absolute Gasteiger partial charge is 0.358 e. The Morgan fingerprint density at radius 2 is 2.11 bits per heavy atom. The molecule has 2 heterocycles. The second-order valence-corrected chi connectivity index (χ2v) is 6.25. The number of amides is 2. The zero-order valence-electron chi connectivity index (χ0n) is 14.5. The van der Waals surface area contributed by atoms with Crippen LogP contribution in [-0.4, -0.2) is 52.4 Å². The molecule has 10 heteroatoms. The molecule has 0 saturated carbocycles. The molecule has 0 radical (unpaired) electrons. The van der Waals surface area contributed by atoms with E-state index < -0.39 is 17.8 Å². The summed E-state index contributed by atoms with van der Waals surface area (Å²) >= 11 is 0. The van der Waals surface area contributed by atoms with Crippen molar-refractivity contribution in [3.05, 3.63) is 30.1 Å². The van der Waals surface area contributed by atoms with Crippen molar-refractivity contribution in [3.8, 4) is 0 Å². The molecule has 0 spiro atoms. The molecule has 1 atom stereocenters. The number of nitrogens with zero attached hydrogens (tertiary/aromatic N) is 3. The summed E-state index contributed by atoms with van der Waals surface area (Å²) in [5, 5.41) is 5.77. The van der Waals surface area contributed by atoms with E-state index in [1.807, 2.05) is 0 Å². The number of anilines is 1. The van der Waals surface area contributed by atoms with Crippen molar-refractivity contribution in [3.63, 3.8) is 0 Å². The van der Waals surface area contributed by atoms with Crippen LogP contribution >= 0.6 is 0 Å². The number of benzene rings is 1. The molecule has 7 nitrogen and oxygen atoms in total. The summed E-state index contributed by atoms with van der Waals surface area (Å²) in [6.07, 6.45) is -2.75. The van der Waals surface area contributed by atoms with Crippen LogP contribution in [-0.2, 0) is 15.8 Å². The minimum absolute atomic E-state index is 0.177. The predicted octanol–water partition coefficient (Wildman–Crippen LogP) is 1.80. The third-order valence-corrected chi connectivity index (χ3v) is 4.33. The molecule has 0 unspecified atom stereocenters. The van der Waals surface area contributed by atoms with Gasteiger partial charge in [-0.25, -0.2) is 9.97 Å². The maximum atomic E-state index is 13.0. The Labute approximate surface area is 153 Å². The molecule has 144 valence electrons. The zero-order valence-corrected chi connectivity index (χ0v) is 14.5. The highest BCUT2D eigenvalue weighted by Gasteiger charge is 2.33. The van der Waals surface area contributed by atoms with Crippen LogP contribution in [0.5, 0.6) is 0 Å². The lowest BCUT2D eigenvalue weighted by Gasteiger charge is -2.18. The van der Waals surface area contributed by atoms with Crippen molar-refractivity contribution in [2.75, 3.05) is 25.0 Å². The lowest BCUT2D eigenvalue weighted by molar-refractivity contribution is -0.137. The first-order valence-corrected chi connectivity index (χ1v) is 8.37. The van der Waals surface area contributed by atoms with Crippen molar-refractivity contribution in [1.82, 2.24) is 20.2 Å². The molecular weight excluding hydrogens is 363 g/mol. The Kier molecular flexibility index (Phi) is 5.15. The van der Waals surface area contributed by atoms with Crippen LogP contribution in [0.1, 0.15) is 18.9 Å². The SMILES string of the molecule is CC(=O)NCCN1CC[C@H](Nc2ncnc3ccc(C(F)(F)F)cc23)C1=O. The van der Waals surface area contributed by atoms with Crippen molar-refractivity contribution < 1.29 is 22.8 Å². The van der Waals surface area contributed by atoms with Crippen LogP contribution in [0, 0.1) is 0 Å². The number of nitrogens with one attached hydrogen (secondary N) is 2. The monoisotopic (exact) mass is 381 g/mol. The van der Waals surface area contributed by atoms with E-state index in [0.29, 0.717) is 31.6 Å². The number of carbonyl (C=O) groups is 2. The molecule has 0 aliphatic carbocycles. The average molecular weight is 381 g/mol. The number of hydrogen-bond donors (Lipinski definition) is 2. The lowest BCUT2D eigenvalue weighted by Crippen LogP contribution is -2.38. The number of alkyl halides is 3. The highest BCUT2D eigenvalue weighted by molar-refractivity contribution is 5.93. The van der Waals surface area contributed by atoms with Gasteiger partial charge in [0.25, 0.3) is 0 Å². The Bertz CT molecular complexity index is 871. The third kappa shape index (κ3) is 4.26. The first-order valence-electron chi connectivity index (χ1n) is 8.37. The number of fused-ring (bicyclic) bond motifs is 1. The van der Waals surface area contributed by atoms with E-state index in [4.69, 9.17) is 0 Å². The largest absolute Gasteiger partial charge is 0.416 e. The second-order valence-electron chi connectivity index (χ2n) is 6.25. The molecule has 27 heavy (non-hydrogen) atoms. The molecule has 1 aromatic heterocycles. The quantitative estimate of drug-likeness (QED) is 0.825. The molecule has 1 saturated heterocycles. The first-order chi connectivity index (χ1) is 12.8. The molecule has 2 amide bonds. The van der Waals surface area contributed by atoms with Gasteiger partial charge in [0.2, 0.25) is 11.8 Å². The van der Waals surface area contributed by atoms with E-state index in [-0.39, 0.29) is 23.0 Å². The van der Waals surface area contributed by atoms with Gasteiger partial charge in [-0.15, -0.1) is 0 Å². The van der Waals surface area contributed by atoms with Gasteiger partial charge >= 0.3 is 6.18 Å². The van der Waals surface area contributed by atoms with Crippen LogP contribution in [0.2, 0.25) is 0 Å². The Hall–Kier alpha value is -2.91. The van der Waals surface area contributed by atoms with Gasteiger partial charge in [0, 0.05) is 31.9 Å². The average Bonchev–Trinajstić information content (AvgIpc) is 2.94. The van der Waals surface area contributed by atoms with Crippen LogP contribution in [0.3, 0.4) is 0 Å². The van der Waals surface area contributed by atoms with Crippen molar-refractivity contribution in [1.29, 1.82) is 0 Å². The van der Waals surface area contributed by atoms with Crippen LogP contribution < -0.4 is 10.6 Å². The van der Waals surface area contributed by atoms with Crippen LogP contribution in [0.25, 0.3) is 10.9 Å². The summed E-state index contributed by atoms with van der Waals surface area (Å²) in [6, 6.07) is 2.63. The number of carbonyl (C=O) groups excluding carboxylic acids is 2. The molecule has 1 aromatic carbocycles. The van der Waals surface area contributed by atoms with Gasteiger partial charge in [0.05, 0.1) is 11.1 Å². The zero-order chi connectivity index (χ0) is 19.6. The van der Waals surface area contributed by atoms with Crippen molar-refractivity contribution in [2.24, 2.45) is 0 Å². The van der Waals surface area contributed by atoms with E-state index in [9.17, 15) is 22.8 Å². The standard InChI is InChI=1S/C17H18F3N5O2/c1-10(26)21-5-7-25-6-4-14(16(25)27)24-15-12-8-11(17(18,19)20)2-3-13(12)22-9-23-15/h2-3,8-9,14H,4-7H2,1H3,(H,21,26)(H,22,23,24)/t14-/m0/s1. The Morgan fingerprint density at radius 3 is 2.81 bits per heavy atom. The van der Waals surface area contributed by atoms with Gasteiger partial charge in [-0.3, -0.25) is 9.59 Å². The fourth-order valence-corrected chi connectivity index (χ4v) is 2.97. The number of halogens is 3. The normalized spacial score (nSPS) is 17.4. The van der Waals surface area contributed by atoms with Gasteiger partial charge in [0.1, 0.15) is 18.2 Å². The molecular formula is C17H18F3N5O2. The predicted molar refractivity (Wildman–Crippen MR) is 91.8 cm³/mol. The minimum atomic E-state index is -4.48. The Morgan fingerprint density at radius 1 is 1.33 bits per heavy atom. The fraction of sp³-hybridized carbons (Fsp3) is 0.412. The first kappa shape index (κ1) is 18.9. The molecule has 1 aliphatic rings. The highest BCUT2D eigenvalue weighted by atomic mass is 19.4. The Balaban J connectivity index is 1.76. The van der Waals surface area contributed by atoms with Gasteiger partial charge in [0.15, 0.2) is 0 Å². The van der Waals surface area contributed by atoms with Crippen molar-refractivity contribution in [2.45, 2.75) is 25.6 Å². The summed E-state index contributed by atoms with van der Waals surface area (Å²) < 4.78 is 39.0. The fourth-order valence-electron chi connectivity index (χ4n) is 2.97. The third-order valence-electron chi connectivity index (χ3n) is 4.33. The summed E-state index contributed by atoms with van der Waals surface area (Å²) in [5.74, 6) is -0.170. The minimum Gasteiger partial charge on any atom is -0.358 e. The van der Waals surface area contributed by atoms with Crippen molar-refractivity contribution >= 4 is 28.5 Å². The maximum Gasteiger partial charge on any atom is 0.416 e. The van der Waals surface area contributed by atoms with Gasteiger partial charge in [-0.2, -0.15) is 13.2 Å². The van der Waals surface area contributed by atoms with E-state index in [1.165, 1.54) is 19.3 Å². The van der Waals surface area contributed by atoms with E-state index >= 15 is 0 Å². The van der Waals surface area contributed by atoms with Gasteiger partial charge in [-0.1, -0.05) is 0 Å². The molecule has 2 N–H and O–H groups in total. The molecule has 1 fully saturated rings. The topological polar surface area (TPSA) is 87.2 Å². The molecule has 3 rings (SSSR count). The maximum absolute atomic E-state index is 13.0. The highest BCUT2D eigenvalue weighted by Crippen LogP contribution is 2.32. The second kappa shape index (κ2) is 7.37. The van der Waals surface area contributed by atoms with E-state index in [2.05, 4.69) is 20.6 Å².